The van der Waals surface area contributed by atoms with Gasteiger partial charge >= 0.3 is 0 Å². The Morgan fingerprint density at radius 3 is 2.73 bits per heavy atom. The van der Waals surface area contributed by atoms with E-state index in [1.54, 1.807) is 4.90 Å². The fourth-order valence-electron chi connectivity index (χ4n) is 2.48. The van der Waals surface area contributed by atoms with Gasteiger partial charge in [0.25, 0.3) is 5.91 Å². The lowest BCUT2D eigenvalue weighted by atomic mass is 9.99. The molecule has 1 aliphatic heterocycles. The van der Waals surface area contributed by atoms with Gasteiger partial charge in [-0.05, 0) is 37.1 Å². The topological polar surface area (TPSA) is 86.7 Å². The maximum Gasteiger partial charge on any atom is 0.263 e. The van der Waals surface area contributed by atoms with E-state index in [-0.39, 0.29) is 24.1 Å². The molecule has 2 N–H and O–H groups in total. The summed E-state index contributed by atoms with van der Waals surface area (Å²) in [7, 11) is -3.37. The molecule has 0 saturated carbocycles. The highest BCUT2D eigenvalue weighted by atomic mass is 32.2. The van der Waals surface area contributed by atoms with Crippen LogP contribution in [0.15, 0.2) is 17.5 Å². The molecular formula is C14H22N2O4S2. The molecule has 124 valence electrons. The number of aliphatic hydroxyl groups excluding tert-OH is 1. The van der Waals surface area contributed by atoms with Crippen LogP contribution in [0.4, 0.5) is 0 Å². The predicted molar refractivity (Wildman–Crippen MR) is 86.4 cm³/mol. The first-order valence-corrected chi connectivity index (χ1v) is 9.89. The second-order valence-corrected chi connectivity index (χ2v) is 8.49. The summed E-state index contributed by atoms with van der Waals surface area (Å²) in [6.07, 6.45) is 0.680. The third kappa shape index (κ3) is 5.05. The fraction of sp³-hybridized carbons (Fsp3) is 0.643. The van der Waals surface area contributed by atoms with Gasteiger partial charge < -0.3 is 10.0 Å². The van der Waals surface area contributed by atoms with E-state index in [1.807, 2.05) is 17.5 Å². The Labute approximate surface area is 135 Å². The van der Waals surface area contributed by atoms with Crippen LogP contribution in [-0.4, -0.2) is 55.8 Å². The molecule has 1 aliphatic rings. The monoisotopic (exact) mass is 346 g/mol. The first-order valence-electron chi connectivity index (χ1n) is 7.35. The lowest BCUT2D eigenvalue weighted by molar-refractivity contribution is 0.0703. The smallest absolute Gasteiger partial charge is 0.263 e. The van der Waals surface area contributed by atoms with Crippen LogP contribution in [-0.2, 0) is 10.0 Å². The van der Waals surface area contributed by atoms with E-state index >= 15 is 0 Å². The first-order chi connectivity index (χ1) is 10.4. The summed E-state index contributed by atoms with van der Waals surface area (Å²) < 4.78 is 26.2. The molecule has 0 bridgehead atoms. The molecule has 2 heterocycles. The van der Waals surface area contributed by atoms with Crippen molar-refractivity contribution in [2.75, 3.05) is 25.4 Å². The van der Waals surface area contributed by atoms with Crippen molar-refractivity contribution in [1.29, 1.82) is 0 Å². The largest absolute Gasteiger partial charge is 0.392 e. The van der Waals surface area contributed by atoms with Gasteiger partial charge in [0.15, 0.2) is 0 Å². The molecule has 1 saturated heterocycles. The number of likely N-dealkylation sites (tertiary alicyclic amines) is 1. The number of amides is 1. The zero-order valence-corrected chi connectivity index (χ0v) is 14.2. The molecular weight excluding hydrogens is 324 g/mol. The maximum absolute atomic E-state index is 12.2. The normalized spacial score (nSPS) is 18.4. The van der Waals surface area contributed by atoms with Gasteiger partial charge in [-0.15, -0.1) is 11.3 Å². The van der Waals surface area contributed by atoms with E-state index in [0.29, 0.717) is 25.9 Å². The van der Waals surface area contributed by atoms with Crippen LogP contribution in [0.2, 0.25) is 0 Å². The number of piperidine rings is 1. The van der Waals surface area contributed by atoms with Crippen molar-refractivity contribution in [2.24, 2.45) is 5.92 Å². The quantitative estimate of drug-likeness (QED) is 0.801. The molecule has 8 heteroatoms. The first kappa shape index (κ1) is 17.4. The lowest BCUT2D eigenvalue weighted by Gasteiger charge is -2.31. The van der Waals surface area contributed by atoms with E-state index in [9.17, 15) is 13.2 Å². The molecule has 0 aromatic carbocycles. The van der Waals surface area contributed by atoms with Gasteiger partial charge in [0.2, 0.25) is 10.0 Å². The number of thiophene rings is 1. The summed E-state index contributed by atoms with van der Waals surface area (Å²) in [5, 5.41) is 11.0. The number of nitrogens with zero attached hydrogens (tertiary/aromatic N) is 1. The van der Waals surface area contributed by atoms with Gasteiger partial charge in [-0.2, -0.15) is 0 Å². The highest BCUT2D eigenvalue weighted by molar-refractivity contribution is 7.89. The van der Waals surface area contributed by atoms with Crippen molar-refractivity contribution in [3.8, 4) is 0 Å². The van der Waals surface area contributed by atoms with Crippen LogP contribution in [0.5, 0.6) is 0 Å². The summed E-state index contributed by atoms with van der Waals surface area (Å²) in [4.78, 5) is 14.7. The van der Waals surface area contributed by atoms with Crippen LogP contribution in [0.3, 0.4) is 0 Å². The molecule has 6 nitrogen and oxygen atoms in total. The second-order valence-electron chi connectivity index (χ2n) is 5.69. The SMILES string of the molecule is CC(O)CNS(=O)(=O)CC1CCN(C(=O)c2cccs2)CC1. The molecule has 1 amide bonds. The summed E-state index contributed by atoms with van der Waals surface area (Å²) in [5.74, 6) is 0.142. The Morgan fingerprint density at radius 2 is 2.18 bits per heavy atom. The van der Waals surface area contributed by atoms with E-state index in [0.717, 1.165) is 4.88 Å². The summed E-state index contributed by atoms with van der Waals surface area (Å²) in [6, 6.07) is 3.66. The Kier molecular flexibility index (Phi) is 5.96. The standard InChI is InChI=1S/C14H22N2O4S2/c1-11(17)9-15-22(19,20)10-12-4-6-16(7-5-12)14(18)13-3-2-8-21-13/h2-3,8,11-12,15,17H,4-7,9-10H2,1H3. The second kappa shape index (κ2) is 7.54. The van der Waals surface area contributed by atoms with Gasteiger partial charge in [0, 0.05) is 19.6 Å². The minimum Gasteiger partial charge on any atom is -0.392 e. The van der Waals surface area contributed by atoms with Crippen molar-refractivity contribution in [3.05, 3.63) is 22.4 Å². The van der Waals surface area contributed by atoms with Gasteiger partial charge in [-0.1, -0.05) is 6.07 Å². The molecule has 0 radical (unpaired) electrons. The van der Waals surface area contributed by atoms with Crippen LogP contribution in [0.25, 0.3) is 0 Å². The average molecular weight is 346 g/mol. The Hall–Kier alpha value is -0.960. The zero-order valence-electron chi connectivity index (χ0n) is 12.6. The predicted octanol–water partition coefficient (Wildman–Crippen LogP) is 0.901. The third-order valence-electron chi connectivity index (χ3n) is 3.69. The van der Waals surface area contributed by atoms with Crippen molar-refractivity contribution in [2.45, 2.75) is 25.9 Å². The molecule has 0 spiro atoms. The number of hydrogen-bond donors (Lipinski definition) is 2. The lowest BCUT2D eigenvalue weighted by Crippen LogP contribution is -2.41. The van der Waals surface area contributed by atoms with Crippen molar-refractivity contribution >= 4 is 27.3 Å². The molecule has 2 rings (SSSR count). The summed E-state index contributed by atoms with van der Waals surface area (Å²) in [6.45, 7) is 2.76. The fourth-order valence-corrected chi connectivity index (χ4v) is 4.73. The number of nitrogens with one attached hydrogen (secondary N) is 1. The van der Waals surface area contributed by atoms with Crippen molar-refractivity contribution in [1.82, 2.24) is 9.62 Å². The van der Waals surface area contributed by atoms with Gasteiger partial charge in [-0.3, -0.25) is 4.79 Å². The minimum atomic E-state index is -3.37. The zero-order chi connectivity index (χ0) is 16.2. The molecule has 1 aromatic rings. The van der Waals surface area contributed by atoms with Gasteiger partial charge in [-0.25, -0.2) is 13.1 Å². The van der Waals surface area contributed by atoms with E-state index < -0.39 is 16.1 Å². The van der Waals surface area contributed by atoms with E-state index in [1.165, 1.54) is 18.3 Å². The molecule has 22 heavy (non-hydrogen) atoms. The Balaban J connectivity index is 1.81. The number of aliphatic hydroxyl groups is 1. The highest BCUT2D eigenvalue weighted by Gasteiger charge is 2.27. The average Bonchev–Trinajstić information content (AvgIpc) is 2.99. The van der Waals surface area contributed by atoms with Crippen LogP contribution in [0.1, 0.15) is 29.4 Å². The van der Waals surface area contributed by atoms with Crippen molar-refractivity contribution in [3.63, 3.8) is 0 Å². The number of carbonyl (C=O) groups excluding carboxylic acids is 1. The molecule has 1 unspecified atom stereocenters. The molecule has 1 aromatic heterocycles. The van der Waals surface area contributed by atoms with Crippen LogP contribution >= 0.6 is 11.3 Å². The third-order valence-corrected chi connectivity index (χ3v) is 6.06. The molecule has 0 aliphatic carbocycles. The van der Waals surface area contributed by atoms with Gasteiger partial charge in [0.1, 0.15) is 0 Å². The molecule has 1 fully saturated rings. The van der Waals surface area contributed by atoms with Crippen molar-refractivity contribution < 1.29 is 18.3 Å². The molecule has 1 atom stereocenters. The van der Waals surface area contributed by atoms with Crippen LogP contribution < -0.4 is 4.72 Å². The van der Waals surface area contributed by atoms with E-state index in [2.05, 4.69) is 4.72 Å². The Morgan fingerprint density at radius 1 is 1.50 bits per heavy atom. The number of rotatable bonds is 6. The Bertz CT molecular complexity index is 576. The maximum atomic E-state index is 12.2. The number of sulfonamides is 1. The van der Waals surface area contributed by atoms with Gasteiger partial charge in [0.05, 0.1) is 16.7 Å². The number of carbonyl (C=O) groups is 1. The highest BCUT2D eigenvalue weighted by Crippen LogP contribution is 2.21. The van der Waals surface area contributed by atoms with E-state index in [4.69, 9.17) is 5.11 Å². The van der Waals surface area contributed by atoms with Crippen LogP contribution in [0, 0.1) is 5.92 Å². The number of hydrogen-bond acceptors (Lipinski definition) is 5. The minimum absolute atomic E-state index is 0.0311. The summed E-state index contributed by atoms with van der Waals surface area (Å²) in [5.41, 5.74) is 0. The summed E-state index contributed by atoms with van der Waals surface area (Å²) >= 11 is 1.42.